The van der Waals surface area contributed by atoms with Crippen LogP contribution in [-0.4, -0.2) is 42.0 Å². The summed E-state index contributed by atoms with van der Waals surface area (Å²) < 4.78 is 0. The number of anilines is 1. The lowest BCUT2D eigenvalue weighted by molar-refractivity contribution is 0.0682. The van der Waals surface area contributed by atoms with Crippen molar-refractivity contribution in [3.63, 3.8) is 0 Å². The van der Waals surface area contributed by atoms with Crippen molar-refractivity contribution in [2.45, 2.75) is 32.6 Å². The zero-order valence-electron chi connectivity index (χ0n) is 12.2. The van der Waals surface area contributed by atoms with E-state index in [1.165, 1.54) is 19.3 Å². The van der Waals surface area contributed by atoms with Gasteiger partial charge in [0.1, 0.15) is 5.82 Å². The molecule has 2 aliphatic heterocycles. The van der Waals surface area contributed by atoms with Crippen molar-refractivity contribution in [1.82, 2.24) is 9.88 Å². The van der Waals surface area contributed by atoms with Crippen LogP contribution in [0.25, 0.3) is 0 Å². The van der Waals surface area contributed by atoms with Crippen LogP contribution in [0.5, 0.6) is 0 Å². The summed E-state index contributed by atoms with van der Waals surface area (Å²) in [6, 6.07) is 3.92. The fourth-order valence-corrected chi connectivity index (χ4v) is 3.20. The first-order valence-electron chi connectivity index (χ1n) is 7.74. The Labute approximate surface area is 120 Å². The fourth-order valence-electron chi connectivity index (χ4n) is 3.20. The highest BCUT2D eigenvalue weighted by Crippen LogP contribution is 2.20. The number of hydrogen-bond donors (Lipinski definition) is 0. The second-order valence-electron chi connectivity index (χ2n) is 6.10. The van der Waals surface area contributed by atoms with Gasteiger partial charge in [-0.15, -0.1) is 0 Å². The molecule has 2 saturated heterocycles. The molecule has 108 valence electrons. The van der Waals surface area contributed by atoms with Gasteiger partial charge in [0.25, 0.3) is 5.91 Å². The van der Waals surface area contributed by atoms with Gasteiger partial charge < -0.3 is 9.80 Å². The monoisotopic (exact) mass is 273 g/mol. The first kappa shape index (κ1) is 13.4. The number of piperidine rings is 1. The Bertz CT molecular complexity index is 465. The summed E-state index contributed by atoms with van der Waals surface area (Å²) in [5.41, 5.74) is 0.724. The normalized spacial score (nSPS) is 23.1. The molecule has 0 spiro atoms. The number of carbonyl (C=O) groups excluding carboxylic acids is 1. The third kappa shape index (κ3) is 2.79. The Morgan fingerprint density at radius 2 is 2.00 bits per heavy atom. The van der Waals surface area contributed by atoms with Crippen LogP contribution in [0.2, 0.25) is 0 Å². The molecule has 1 unspecified atom stereocenters. The van der Waals surface area contributed by atoms with Crippen molar-refractivity contribution in [1.29, 1.82) is 0 Å². The predicted octanol–water partition coefficient (Wildman–Crippen LogP) is 2.55. The van der Waals surface area contributed by atoms with Gasteiger partial charge in [0.05, 0.1) is 5.56 Å². The molecule has 0 aliphatic carbocycles. The number of hydrogen-bond acceptors (Lipinski definition) is 3. The average Bonchev–Trinajstić information content (AvgIpc) is 3.01. The molecular weight excluding hydrogens is 250 g/mol. The maximum Gasteiger partial charge on any atom is 0.255 e. The molecule has 0 radical (unpaired) electrons. The minimum atomic E-state index is 0.136. The maximum atomic E-state index is 12.5. The van der Waals surface area contributed by atoms with Gasteiger partial charge in [0, 0.05) is 32.4 Å². The van der Waals surface area contributed by atoms with E-state index in [1.807, 2.05) is 17.0 Å². The van der Waals surface area contributed by atoms with Gasteiger partial charge >= 0.3 is 0 Å². The summed E-state index contributed by atoms with van der Waals surface area (Å²) >= 11 is 0. The molecule has 0 N–H and O–H groups in total. The second kappa shape index (κ2) is 5.81. The smallest absolute Gasteiger partial charge is 0.255 e. The molecule has 0 aromatic carbocycles. The van der Waals surface area contributed by atoms with Crippen molar-refractivity contribution in [3.8, 4) is 0 Å². The summed E-state index contributed by atoms with van der Waals surface area (Å²) in [6.07, 6.45) is 6.58. The zero-order chi connectivity index (χ0) is 13.9. The van der Waals surface area contributed by atoms with Gasteiger partial charge in [-0.05, 0) is 43.7 Å². The molecule has 1 aromatic heterocycles. The summed E-state index contributed by atoms with van der Waals surface area (Å²) in [5.74, 6) is 1.76. The van der Waals surface area contributed by atoms with E-state index in [4.69, 9.17) is 0 Å². The first-order valence-corrected chi connectivity index (χ1v) is 7.74. The Kier molecular flexibility index (Phi) is 3.90. The van der Waals surface area contributed by atoms with Crippen LogP contribution in [-0.2, 0) is 0 Å². The molecule has 1 amide bonds. The molecular formula is C16H23N3O. The third-order valence-corrected chi connectivity index (χ3v) is 4.37. The number of rotatable bonds is 2. The number of pyridine rings is 1. The first-order chi connectivity index (χ1) is 9.74. The third-order valence-electron chi connectivity index (χ3n) is 4.37. The lowest BCUT2D eigenvalue weighted by Gasteiger charge is -2.31. The van der Waals surface area contributed by atoms with E-state index in [2.05, 4.69) is 16.8 Å². The number of nitrogens with zero attached hydrogens (tertiary/aromatic N) is 3. The highest BCUT2D eigenvalue weighted by atomic mass is 16.2. The molecule has 3 rings (SSSR count). The molecule has 0 bridgehead atoms. The van der Waals surface area contributed by atoms with Crippen LogP contribution >= 0.6 is 0 Å². The number of aromatic nitrogens is 1. The topological polar surface area (TPSA) is 36.4 Å². The number of carbonyl (C=O) groups is 1. The van der Waals surface area contributed by atoms with Crippen LogP contribution < -0.4 is 4.90 Å². The highest BCUT2D eigenvalue weighted by molar-refractivity contribution is 5.94. The molecule has 3 heterocycles. The zero-order valence-corrected chi connectivity index (χ0v) is 12.2. The van der Waals surface area contributed by atoms with Gasteiger partial charge in [-0.3, -0.25) is 4.79 Å². The van der Waals surface area contributed by atoms with Crippen LogP contribution in [0, 0.1) is 5.92 Å². The van der Waals surface area contributed by atoms with Gasteiger partial charge in [-0.1, -0.05) is 6.92 Å². The molecule has 4 nitrogen and oxygen atoms in total. The van der Waals surface area contributed by atoms with Crippen LogP contribution in [0.15, 0.2) is 18.3 Å². The molecule has 2 aliphatic rings. The molecule has 1 atom stereocenters. The van der Waals surface area contributed by atoms with Gasteiger partial charge in [-0.2, -0.15) is 0 Å². The van der Waals surface area contributed by atoms with Crippen LogP contribution in [0.1, 0.15) is 43.0 Å². The lowest BCUT2D eigenvalue weighted by Crippen LogP contribution is -2.39. The molecule has 2 fully saturated rings. The highest BCUT2D eigenvalue weighted by Gasteiger charge is 2.22. The quantitative estimate of drug-likeness (QED) is 0.831. The standard InChI is InChI=1S/C16H23N3O/c1-13-5-4-10-19(12-13)16(20)14-6-7-15(17-11-14)18-8-2-3-9-18/h6-7,11,13H,2-5,8-10,12H2,1H3. The lowest BCUT2D eigenvalue weighted by atomic mass is 10.00. The summed E-state index contributed by atoms with van der Waals surface area (Å²) in [4.78, 5) is 21.2. The molecule has 20 heavy (non-hydrogen) atoms. The van der Waals surface area contributed by atoms with E-state index in [0.29, 0.717) is 5.92 Å². The Morgan fingerprint density at radius 1 is 1.20 bits per heavy atom. The van der Waals surface area contributed by atoms with E-state index >= 15 is 0 Å². The fraction of sp³-hybridized carbons (Fsp3) is 0.625. The van der Waals surface area contributed by atoms with Crippen molar-refractivity contribution >= 4 is 11.7 Å². The number of amides is 1. The van der Waals surface area contributed by atoms with Crippen molar-refractivity contribution in [3.05, 3.63) is 23.9 Å². The maximum absolute atomic E-state index is 12.5. The van der Waals surface area contributed by atoms with Crippen LogP contribution in [0.3, 0.4) is 0 Å². The van der Waals surface area contributed by atoms with E-state index in [0.717, 1.165) is 44.0 Å². The summed E-state index contributed by atoms with van der Waals surface area (Å²) in [7, 11) is 0. The Balaban J connectivity index is 1.68. The van der Waals surface area contributed by atoms with Gasteiger partial charge in [-0.25, -0.2) is 4.98 Å². The molecule has 4 heteroatoms. The van der Waals surface area contributed by atoms with Crippen molar-refractivity contribution < 1.29 is 4.79 Å². The van der Waals surface area contributed by atoms with E-state index in [1.54, 1.807) is 6.20 Å². The minimum absolute atomic E-state index is 0.136. The van der Waals surface area contributed by atoms with Gasteiger partial charge in [0.15, 0.2) is 0 Å². The molecule has 1 aromatic rings. The van der Waals surface area contributed by atoms with Crippen molar-refractivity contribution in [2.75, 3.05) is 31.1 Å². The number of likely N-dealkylation sites (tertiary alicyclic amines) is 1. The Morgan fingerprint density at radius 3 is 2.65 bits per heavy atom. The van der Waals surface area contributed by atoms with E-state index in [9.17, 15) is 4.79 Å². The Hall–Kier alpha value is -1.58. The van der Waals surface area contributed by atoms with Crippen molar-refractivity contribution in [2.24, 2.45) is 5.92 Å². The van der Waals surface area contributed by atoms with Crippen LogP contribution in [0.4, 0.5) is 5.82 Å². The molecule has 0 saturated carbocycles. The summed E-state index contributed by atoms with van der Waals surface area (Å²) in [5, 5.41) is 0. The minimum Gasteiger partial charge on any atom is -0.357 e. The average molecular weight is 273 g/mol. The van der Waals surface area contributed by atoms with E-state index < -0.39 is 0 Å². The summed E-state index contributed by atoms with van der Waals surface area (Å²) in [6.45, 7) is 6.16. The van der Waals surface area contributed by atoms with Gasteiger partial charge in [0.2, 0.25) is 0 Å². The predicted molar refractivity (Wildman–Crippen MR) is 80.0 cm³/mol. The second-order valence-corrected chi connectivity index (χ2v) is 6.10. The van der Waals surface area contributed by atoms with E-state index in [-0.39, 0.29) is 5.91 Å². The largest absolute Gasteiger partial charge is 0.357 e. The SMILES string of the molecule is CC1CCCN(C(=O)c2ccc(N3CCCC3)nc2)C1.